The third-order valence-corrected chi connectivity index (χ3v) is 8.55. The zero-order valence-corrected chi connectivity index (χ0v) is 18.3. The van der Waals surface area contributed by atoms with E-state index in [0.717, 1.165) is 57.2 Å². The van der Waals surface area contributed by atoms with Gasteiger partial charge in [0.25, 0.3) is 0 Å². The molecular formula is C22H31N3O4S. The van der Waals surface area contributed by atoms with Gasteiger partial charge in [-0.25, -0.2) is 8.42 Å². The number of likely N-dealkylation sites (tertiary alicyclic amines) is 1. The van der Waals surface area contributed by atoms with Crippen LogP contribution >= 0.6 is 0 Å². The molecule has 1 aromatic carbocycles. The van der Waals surface area contributed by atoms with E-state index in [4.69, 9.17) is 0 Å². The third-order valence-electron chi connectivity index (χ3n) is 6.66. The molecule has 2 aliphatic heterocycles. The zero-order chi connectivity index (χ0) is 21.1. The van der Waals surface area contributed by atoms with Crippen LogP contribution in [0, 0.1) is 5.92 Å². The van der Waals surface area contributed by atoms with E-state index in [2.05, 4.69) is 5.32 Å². The summed E-state index contributed by atoms with van der Waals surface area (Å²) in [4.78, 5) is 26.7. The van der Waals surface area contributed by atoms with Gasteiger partial charge in [0.05, 0.1) is 11.4 Å². The van der Waals surface area contributed by atoms with E-state index in [1.54, 1.807) is 11.0 Å². The molecule has 0 unspecified atom stereocenters. The number of carbonyl (C=O) groups is 2. The number of amides is 2. The Kier molecular flexibility index (Phi) is 6.43. The van der Waals surface area contributed by atoms with Gasteiger partial charge in [0.1, 0.15) is 0 Å². The Morgan fingerprint density at radius 1 is 0.933 bits per heavy atom. The second-order valence-corrected chi connectivity index (χ2v) is 10.6. The second kappa shape index (κ2) is 9.06. The number of rotatable bonds is 5. The first-order chi connectivity index (χ1) is 14.4. The highest BCUT2D eigenvalue weighted by Gasteiger charge is 2.32. The maximum absolute atomic E-state index is 13.1. The molecule has 7 nitrogen and oxygen atoms in total. The van der Waals surface area contributed by atoms with Crippen molar-refractivity contribution >= 4 is 21.8 Å². The molecule has 3 aliphatic rings. The predicted molar refractivity (Wildman–Crippen MR) is 113 cm³/mol. The van der Waals surface area contributed by atoms with Crippen LogP contribution in [0.3, 0.4) is 0 Å². The number of hydrogen-bond acceptors (Lipinski definition) is 4. The molecule has 8 heteroatoms. The summed E-state index contributed by atoms with van der Waals surface area (Å²) in [5, 5.41) is 2.75. The molecule has 1 N–H and O–H groups in total. The average molecular weight is 434 g/mol. The van der Waals surface area contributed by atoms with Gasteiger partial charge in [0, 0.05) is 32.1 Å². The molecule has 2 saturated heterocycles. The van der Waals surface area contributed by atoms with E-state index in [0.29, 0.717) is 30.8 Å². The predicted octanol–water partition coefficient (Wildman–Crippen LogP) is 1.70. The molecule has 0 atom stereocenters. The standard InChI is InChI=1S/C22H31N3O4S/c26-21(24-11-3-4-12-24)16-23-22(27)18-9-13-25(14-10-18)30(28,29)20-8-7-17-5-1-2-6-19(17)15-20/h7-8,15,18H,1-6,9-14,16H2,(H,23,27). The minimum Gasteiger partial charge on any atom is -0.347 e. The van der Waals surface area contributed by atoms with Crippen LogP contribution in [0.4, 0.5) is 0 Å². The van der Waals surface area contributed by atoms with Crippen LogP contribution in [0.5, 0.6) is 0 Å². The molecule has 0 saturated carbocycles. The van der Waals surface area contributed by atoms with Crippen molar-refractivity contribution in [2.75, 3.05) is 32.7 Å². The minimum absolute atomic E-state index is 0.0340. The van der Waals surface area contributed by atoms with Crippen molar-refractivity contribution in [2.45, 2.75) is 56.3 Å². The lowest BCUT2D eigenvalue weighted by molar-refractivity contribution is -0.133. The number of sulfonamides is 1. The highest BCUT2D eigenvalue weighted by atomic mass is 32.2. The van der Waals surface area contributed by atoms with Crippen molar-refractivity contribution in [1.82, 2.24) is 14.5 Å². The quantitative estimate of drug-likeness (QED) is 0.766. The molecule has 1 aromatic rings. The molecule has 2 heterocycles. The smallest absolute Gasteiger partial charge is 0.243 e. The third kappa shape index (κ3) is 4.54. The topological polar surface area (TPSA) is 86.8 Å². The summed E-state index contributed by atoms with van der Waals surface area (Å²) >= 11 is 0. The highest BCUT2D eigenvalue weighted by Crippen LogP contribution is 2.28. The van der Waals surface area contributed by atoms with Gasteiger partial charge in [0.2, 0.25) is 21.8 Å². The molecule has 2 amide bonds. The van der Waals surface area contributed by atoms with Crippen LogP contribution in [-0.4, -0.2) is 62.2 Å². The van der Waals surface area contributed by atoms with Crippen molar-refractivity contribution in [2.24, 2.45) is 5.92 Å². The number of piperidine rings is 1. The Bertz CT molecular complexity index is 901. The first kappa shape index (κ1) is 21.3. The van der Waals surface area contributed by atoms with Crippen molar-refractivity contribution in [3.05, 3.63) is 29.3 Å². The SMILES string of the molecule is O=C(NCC(=O)N1CCCC1)C1CCN(S(=O)(=O)c2ccc3c(c2)CCCC3)CC1. The van der Waals surface area contributed by atoms with E-state index in [1.165, 1.54) is 9.87 Å². The van der Waals surface area contributed by atoms with Gasteiger partial charge in [-0.2, -0.15) is 4.31 Å². The van der Waals surface area contributed by atoms with E-state index >= 15 is 0 Å². The summed E-state index contributed by atoms with van der Waals surface area (Å²) in [5.74, 6) is -0.423. The fourth-order valence-corrected chi connectivity index (χ4v) is 6.28. The lowest BCUT2D eigenvalue weighted by Gasteiger charge is -2.31. The van der Waals surface area contributed by atoms with Gasteiger partial charge in [-0.05, 0) is 74.6 Å². The molecule has 0 spiro atoms. The molecule has 4 rings (SSSR count). The van der Waals surface area contributed by atoms with Gasteiger partial charge < -0.3 is 10.2 Å². The fourth-order valence-electron chi connectivity index (χ4n) is 4.76. The first-order valence-corrected chi connectivity index (χ1v) is 12.6. The van der Waals surface area contributed by atoms with Gasteiger partial charge in [-0.3, -0.25) is 9.59 Å². The number of benzene rings is 1. The average Bonchev–Trinajstić information content (AvgIpc) is 3.32. The highest BCUT2D eigenvalue weighted by molar-refractivity contribution is 7.89. The summed E-state index contributed by atoms with van der Waals surface area (Å²) < 4.78 is 27.7. The fraction of sp³-hybridized carbons (Fsp3) is 0.636. The summed E-state index contributed by atoms with van der Waals surface area (Å²) in [6.45, 7) is 2.24. The number of hydrogen-bond donors (Lipinski definition) is 1. The van der Waals surface area contributed by atoms with E-state index in [-0.39, 0.29) is 24.3 Å². The Morgan fingerprint density at radius 3 is 2.30 bits per heavy atom. The van der Waals surface area contributed by atoms with Crippen LogP contribution in [-0.2, 0) is 32.5 Å². The molecule has 164 valence electrons. The second-order valence-electron chi connectivity index (χ2n) is 8.62. The molecule has 0 bridgehead atoms. The largest absolute Gasteiger partial charge is 0.347 e. The number of nitrogens with zero attached hydrogens (tertiary/aromatic N) is 2. The van der Waals surface area contributed by atoms with Crippen LogP contribution in [0.2, 0.25) is 0 Å². The van der Waals surface area contributed by atoms with Crippen LogP contribution in [0.1, 0.15) is 49.7 Å². The van der Waals surface area contributed by atoms with E-state index < -0.39 is 10.0 Å². The lowest BCUT2D eigenvalue weighted by atomic mass is 9.92. The van der Waals surface area contributed by atoms with Crippen molar-refractivity contribution in [1.29, 1.82) is 0 Å². The molecule has 1 aliphatic carbocycles. The van der Waals surface area contributed by atoms with Gasteiger partial charge >= 0.3 is 0 Å². The molecule has 0 radical (unpaired) electrons. The summed E-state index contributed by atoms with van der Waals surface area (Å²) in [5.41, 5.74) is 2.42. The number of carbonyl (C=O) groups excluding carboxylic acids is 2. The van der Waals surface area contributed by atoms with Gasteiger partial charge in [-0.15, -0.1) is 0 Å². The summed E-state index contributed by atoms with van der Waals surface area (Å²) in [7, 11) is -3.54. The van der Waals surface area contributed by atoms with E-state index in [1.807, 2.05) is 12.1 Å². The van der Waals surface area contributed by atoms with Crippen molar-refractivity contribution in [3.63, 3.8) is 0 Å². The normalized spacial score (nSPS) is 20.7. The summed E-state index contributed by atoms with van der Waals surface area (Å²) in [6.07, 6.45) is 7.25. The first-order valence-electron chi connectivity index (χ1n) is 11.1. The number of aryl methyl sites for hydroxylation is 2. The van der Waals surface area contributed by atoms with E-state index in [9.17, 15) is 18.0 Å². The Balaban J connectivity index is 1.31. The monoisotopic (exact) mass is 433 g/mol. The number of fused-ring (bicyclic) bond motifs is 1. The van der Waals surface area contributed by atoms with Crippen molar-refractivity contribution < 1.29 is 18.0 Å². The lowest BCUT2D eigenvalue weighted by Crippen LogP contribution is -2.45. The van der Waals surface area contributed by atoms with Crippen molar-refractivity contribution in [3.8, 4) is 0 Å². The van der Waals surface area contributed by atoms with Gasteiger partial charge in [-0.1, -0.05) is 6.07 Å². The molecule has 0 aromatic heterocycles. The van der Waals surface area contributed by atoms with Crippen LogP contribution in [0.25, 0.3) is 0 Å². The summed E-state index contributed by atoms with van der Waals surface area (Å²) in [6, 6.07) is 5.52. The van der Waals surface area contributed by atoms with Crippen LogP contribution in [0.15, 0.2) is 23.1 Å². The Labute approximate surface area is 178 Å². The molecular weight excluding hydrogens is 402 g/mol. The Morgan fingerprint density at radius 2 is 1.60 bits per heavy atom. The molecule has 2 fully saturated rings. The zero-order valence-electron chi connectivity index (χ0n) is 17.4. The maximum Gasteiger partial charge on any atom is 0.243 e. The maximum atomic E-state index is 13.1. The minimum atomic E-state index is -3.54. The molecule has 30 heavy (non-hydrogen) atoms. The van der Waals surface area contributed by atoms with Crippen LogP contribution < -0.4 is 5.32 Å². The Hall–Kier alpha value is -1.93. The van der Waals surface area contributed by atoms with Gasteiger partial charge in [0.15, 0.2) is 0 Å². The number of nitrogens with one attached hydrogen (secondary N) is 1.